The summed E-state index contributed by atoms with van der Waals surface area (Å²) < 4.78 is 2.25. The maximum Gasteiger partial charge on any atom is 0.235 e. The molecule has 8 aromatic carbocycles. The zero-order valence-electron chi connectivity index (χ0n) is 35.0. The smallest absolute Gasteiger partial charge is 0.235 e. The predicted molar refractivity (Wildman–Crippen MR) is 265 cm³/mol. The highest BCUT2D eigenvalue weighted by molar-refractivity contribution is 6.37. The van der Waals surface area contributed by atoms with Crippen molar-refractivity contribution in [1.82, 2.24) is 4.57 Å². The lowest BCUT2D eigenvalue weighted by atomic mass is 9.90. The van der Waals surface area contributed by atoms with Crippen LogP contribution in [0.4, 0.5) is 17.1 Å². The second-order valence-corrected chi connectivity index (χ2v) is 15.3. The third-order valence-corrected chi connectivity index (χ3v) is 11.5. The minimum absolute atomic E-state index is 0.607. The van der Waals surface area contributed by atoms with Crippen molar-refractivity contribution >= 4 is 88.6 Å². The van der Waals surface area contributed by atoms with Gasteiger partial charge in [0.15, 0.2) is 0 Å². The highest BCUT2D eigenvalue weighted by Crippen LogP contribution is 2.46. The minimum Gasteiger partial charge on any atom is -0.397 e. The molecule has 5 nitrogen and oxygen atoms in total. The summed E-state index contributed by atoms with van der Waals surface area (Å²) in [5.41, 5.74) is 16.2. The molecule has 1 aromatic heterocycles. The summed E-state index contributed by atoms with van der Waals surface area (Å²) in [7, 11) is 0. The Bertz CT molecular complexity index is 3170. The van der Waals surface area contributed by atoms with Gasteiger partial charge in [-0.1, -0.05) is 171 Å². The molecule has 2 N–H and O–H groups in total. The van der Waals surface area contributed by atoms with Crippen molar-refractivity contribution in [3.63, 3.8) is 0 Å². The average Bonchev–Trinajstić information content (AvgIpc) is 3.65. The lowest BCUT2D eigenvalue weighted by molar-refractivity contribution is 0.943. The van der Waals surface area contributed by atoms with E-state index >= 15 is 0 Å². The molecule has 9 aromatic rings. The molecule has 0 fully saturated rings. The standard InChI is InChI=1S/C56H49N5/c1-4-6-7-8-22-38-60(42-28-16-11-17-29-42)51-37-35-46-45-34-36-50-54(52(45)43-30-18-19-31-44(43)53(46)55(51)57)47-32-20-21-33-49(47)61(50)56(58-39(3)40-24-12-9-13-25-40)59-48(23-5-2)41-26-14-10-15-27-41/h4,6-21,23-37H,5,22,38,57H2,1-3H3/b6-4-,8-7-,48-23+,58-39+,59-56-. The van der Waals surface area contributed by atoms with Crippen LogP contribution in [0.25, 0.3) is 59.8 Å². The summed E-state index contributed by atoms with van der Waals surface area (Å²) in [5.74, 6) is 0.607. The summed E-state index contributed by atoms with van der Waals surface area (Å²) in [6, 6.07) is 57.7. The number of hydrogen-bond donors (Lipinski definition) is 1. The van der Waals surface area contributed by atoms with Gasteiger partial charge in [-0.2, -0.15) is 0 Å². The Hall–Kier alpha value is -7.50. The maximum atomic E-state index is 7.42. The molecule has 0 unspecified atom stereocenters. The molecule has 0 aliphatic rings. The van der Waals surface area contributed by atoms with Crippen molar-refractivity contribution in [2.75, 3.05) is 17.2 Å². The van der Waals surface area contributed by atoms with Gasteiger partial charge in [-0.25, -0.2) is 9.98 Å². The molecule has 1 heterocycles. The van der Waals surface area contributed by atoms with E-state index in [1.807, 2.05) is 25.1 Å². The monoisotopic (exact) mass is 791 g/mol. The number of nitrogen functional groups attached to an aromatic ring is 1. The lowest BCUT2D eigenvalue weighted by Crippen LogP contribution is -2.19. The molecule has 298 valence electrons. The van der Waals surface area contributed by atoms with Gasteiger partial charge >= 0.3 is 0 Å². The third kappa shape index (κ3) is 7.40. The van der Waals surface area contributed by atoms with Crippen molar-refractivity contribution in [3.05, 3.63) is 205 Å². The highest BCUT2D eigenvalue weighted by atomic mass is 15.2. The van der Waals surface area contributed by atoms with Gasteiger partial charge in [-0.3, -0.25) is 4.57 Å². The summed E-state index contributed by atoms with van der Waals surface area (Å²) in [6.07, 6.45) is 12.3. The first-order valence-corrected chi connectivity index (χ1v) is 21.2. The fraction of sp³-hybridized carbons (Fsp3) is 0.107. The molecule has 0 amide bonds. The first kappa shape index (κ1) is 39.0. The first-order valence-electron chi connectivity index (χ1n) is 21.2. The molecule has 5 heteroatoms. The number of para-hydroxylation sites is 2. The van der Waals surface area contributed by atoms with Crippen LogP contribution >= 0.6 is 0 Å². The molecule has 0 radical (unpaired) electrons. The van der Waals surface area contributed by atoms with E-state index in [1.165, 1.54) is 5.39 Å². The summed E-state index contributed by atoms with van der Waals surface area (Å²) in [5, 5.41) is 9.11. The van der Waals surface area contributed by atoms with Crippen molar-refractivity contribution in [3.8, 4) is 0 Å². The Morgan fingerprint density at radius 1 is 0.590 bits per heavy atom. The molecule has 0 aliphatic carbocycles. The van der Waals surface area contributed by atoms with E-state index in [1.54, 1.807) is 0 Å². The van der Waals surface area contributed by atoms with E-state index in [0.29, 0.717) is 5.96 Å². The second kappa shape index (κ2) is 17.4. The van der Waals surface area contributed by atoms with E-state index in [2.05, 4.69) is 199 Å². The van der Waals surface area contributed by atoms with Crippen molar-refractivity contribution in [1.29, 1.82) is 0 Å². The molecular weight excluding hydrogens is 743 g/mol. The fourth-order valence-corrected chi connectivity index (χ4v) is 8.70. The third-order valence-electron chi connectivity index (χ3n) is 11.5. The highest BCUT2D eigenvalue weighted by Gasteiger charge is 2.23. The Morgan fingerprint density at radius 2 is 1.18 bits per heavy atom. The quantitative estimate of drug-likeness (QED) is 0.0493. The Balaban J connectivity index is 1.33. The average molecular weight is 792 g/mol. The van der Waals surface area contributed by atoms with Crippen LogP contribution in [-0.4, -0.2) is 22.8 Å². The summed E-state index contributed by atoms with van der Waals surface area (Å²) in [6.45, 7) is 7.04. The molecule has 0 saturated heterocycles. The Morgan fingerprint density at radius 3 is 1.89 bits per heavy atom. The Kier molecular flexibility index (Phi) is 11.1. The topological polar surface area (TPSA) is 58.9 Å². The number of hydrogen-bond acceptors (Lipinski definition) is 3. The van der Waals surface area contributed by atoms with E-state index in [0.717, 1.165) is 108 Å². The van der Waals surface area contributed by atoms with Crippen LogP contribution < -0.4 is 10.6 Å². The first-order chi connectivity index (χ1) is 30.1. The number of anilines is 3. The number of aliphatic imine (C=N–C) groups is 2. The number of fused-ring (bicyclic) bond motifs is 10. The Labute approximate surface area is 357 Å². The number of nitrogens with two attached hydrogens (primary N) is 1. The number of aromatic nitrogens is 1. The number of rotatable bonds is 10. The van der Waals surface area contributed by atoms with E-state index in [4.69, 9.17) is 15.7 Å². The largest absolute Gasteiger partial charge is 0.397 e. The van der Waals surface area contributed by atoms with Gasteiger partial charge in [0.1, 0.15) is 0 Å². The van der Waals surface area contributed by atoms with E-state index in [9.17, 15) is 0 Å². The molecule has 0 aliphatic heterocycles. The van der Waals surface area contributed by atoms with Crippen LogP contribution in [0, 0.1) is 0 Å². The summed E-state index contributed by atoms with van der Waals surface area (Å²) in [4.78, 5) is 13.2. The zero-order chi connectivity index (χ0) is 41.7. The molecule has 0 bridgehead atoms. The SMILES string of the molecule is C/C=C\C=C/CCN(c1ccccc1)c1ccc2c3ccc4c(c5ccccc5n4C(=N\C(=C\CC)c4ccccc4)/N=C(\C)c4ccccc4)c3c3ccccc3c2c1N. The lowest BCUT2D eigenvalue weighted by Gasteiger charge is -2.27. The van der Waals surface area contributed by atoms with Crippen LogP contribution in [0.5, 0.6) is 0 Å². The van der Waals surface area contributed by atoms with Gasteiger partial charge in [0.05, 0.1) is 28.1 Å². The maximum absolute atomic E-state index is 7.42. The van der Waals surface area contributed by atoms with E-state index in [-0.39, 0.29) is 0 Å². The van der Waals surface area contributed by atoms with Gasteiger partial charge in [0.25, 0.3) is 0 Å². The van der Waals surface area contributed by atoms with Crippen LogP contribution in [0.15, 0.2) is 204 Å². The van der Waals surface area contributed by atoms with Crippen LogP contribution in [0.3, 0.4) is 0 Å². The molecule has 0 saturated carbocycles. The normalized spacial score (nSPS) is 12.9. The fourth-order valence-electron chi connectivity index (χ4n) is 8.70. The number of allylic oxidation sites excluding steroid dienone is 4. The second-order valence-electron chi connectivity index (χ2n) is 15.3. The predicted octanol–water partition coefficient (Wildman–Crippen LogP) is 14.7. The molecule has 0 atom stereocenters. The number of benzene rings is 8. The van der Waals surface area contributed by atoms with Crippen LogP contribution in [0.2, 0.25) is 0 Å². The minimum atomic E-state index is 0.607. The van der Waals surface area contributed by atoms with E-state index < -0.39 is 0 Å². The van der Waals surface area contributed by atoms with Crippen molar-refractivity contribution in [2.45, 2.75) is 33.6 Å². The van der Waals surface area contributed by atoms with Gasteiger partial charge < -0.3 is 10.6 Å². The molecule has 0 spiro atoms. The van der Waals surface area contributed by atoms with Gasteiger partial charge in [-0.05, 0) is 89.7 Å². The van der Waals surface area contributed by atoms with Crippen molar-refractivity contribution < 1.29 is 0 Å². The van der Waals surface area contributed by atoms with Gasteiger partial charge in [0, 0.05) is 39.5 Å². The van der Waals surface area contributed by atoms with Gasteiger partial charge in [-0.15, -0.1) is 0 Å². The summed E-state index contributed by atoms with van der Waals surface area (Å²) >= 11 is 0. The molecule has 61 heavy (non-hydrogen) atoms. The van der Waals surface area contributed by atoms with Crippen molar-refractivity contribution in [2.24, 2.45) is 9.98 Å². The number of nitrogens with zero attached hydrogens (tertiary/aromatic N) is 4. The zero-order valence-corrected chi connectivity index (χ0v) is 35.0. The molecule has 9 rings (SSSR count). The van der Waals surface area contributed by atoms with Crippen LogP contribution in [0.1, 0.15) is 44.7 Å². The van der Waals surface area contributed by atoms with Gasteiger partial charge in [0.2, 0.25) is 5.96 Å². The molecular formula is C56H49N5. The van der Waals surface area contributed by atoms with Crippen LogP contribution in [-0.2, 0) is 0 Å².